The predicted molar refractivity (Wildman–Crippen MR) is 78.2 cm³/mol. The molecule has 0 radical (unpaired) electrons. The molecule has 1 aromatic heterocycles. The maximum Gasteiger partial charge on any atom is 0.153 e. The summed E-state index contributed by atoms with van der Waals surface area (Å²) in [5.41, 5.74) is -0.862. The van der Waals surface area contributed by atoms with Crippen LogP contribution in [0.5, 0.6) is 0 Å². The first-order chi connectivity index (χ1) is 9.30. The molecular weight excluding hydrogens is 348 g/mol. The lowest BCUT2D eigenvalue weighted by atomic mass is 9.97. The van der Waals surface area contributed by atoms with Crippen LogP contribution in [-0.4, -0.2) is 48.5 Å². The van der Waals surface area contributed by atoms with E-state index >= 15 is 0 Å². The standard InChI is InChI=1S/C12H19BrN2O4S/c1-19-7-6-15-11(9(13)8-14-15)12(16)5-3-4-10(12)20(2,17)18/h8,10,16H,3-7H2,1-2H3. The zero-order chi connectivity index (χ0) is 15.0. The van der Waals surface area contributed by atoms with Crippen molar-refractivity contribution < 1.29 is 18.3 Å². The van der Waals surface area contributed by atoms with Crippen LogP contribution in [0.25, 0.3) is 0 Å². The number of hydrogen-bond acceptors (Lipinski definition) is 5. The van der Waals surface area contributed by atoms with Crippen molar-refractivity contribution in [2.45, 2.75) is 36.7 Å². The van der Waals surface area contributed by atoms with Crippen LogP contribution in [-0.2, 0) is 26.7 Å². The average molecular weight is 367 g/mol. The molecule has 0 saturated heterocycles. The third-order valence-electron chi connectivity index (χ3n) is 3.79. The van der Waals surface area contributed by atoms with Gasteiger partial charge in [-0.25, -0.2) is 8.42 Å². The molecular formula is C12H19BrN2O4S. The van der Waals surface area contributed by atoms with Gasteiger partial charge in [0.2, 0.25) is 0 Å². The topological polar surface area (TPSA) is 81.4 Å². The van der Waals surface area contributed by atoms with E-state index in [1.54, 1.807) is 18.0 Å². The molecule has 1 saturated carbocycles. The Morgan fingerprint density at radius 2 is 2.35 bits per heavy atom. The minimum atomic E-state index is -3.33. The Morgan fingerprint density at radius 1 is 1.65 bits per heavy atom. The lowest BCUT2D eigenvalue weighted by Crippen LogP contribution is -2.41. The van der Waals surface area contributed by atoms with E-state index in [9.17, 15) is 13.5 Å². The Bertz CT molecular complexity index is 586. The van der Waals surface area contributed by atoms with Crippen LogP contribution in [0.3, 0.4) is 0 Å². The fourth-order valence-corrected chi connectivity index (χ4v) is 5.11. The number of nitrogens with zero attached hydrogens (tertiary/aromatic N) is 2. The molecule has 2 unspecified atom stereocenters. The number of methoxy groups -OCH3 is 1. The number of ether oxygens (including phenoxy) is 1. The first-order valence-electron chi connectivity index (χ1n) is 6.42. The second-order valence-corrected chi connectivity index (χ2v) is 8.27. The van der Waals surface area contributed by atoms with Crippen LogP contribution in [0.15, 0.2) is 10.7 Å². The predicted octanol–water partition coefficient (Wildman–Crippen LogP) is 1.08. The van der Waals surface area contributed by atoms with Crippen LogP contribution in [0.4, 0.5) is 0 Å². The van der Waals surface area contributed by atoms with Gasteiger partial charge in [0.05, 0.1) is 34.8 Å². The minimum absolute atomic E-state index is 0.419. The highest BCUT2D eigenvalue weighted by atomic mass is 79.9. The molecule has 20 heavy (non-hydrogen) atoms. The van der Waals surface area contributed by atoms with E-state index in [-0.39, 0.29) is 0 Å². The molecule has 8 heteroatoms. The SMILES string of the molecule is COCCn1ncc(Br)c1C1(O)CCCC1S(C)(=O)=O. The molecule has 0 aromatic carbocycles. The van der Waals surface area contributed by atoms with Gasteiger partial charge in [0.1, 0.15) is 5.60 Å². The second kappa shape index (κ2) is 5.75. The van der Waals surface area contributed by atoms with Gasteiger partial charge < -0.3 is 9.84 Å². The smallest absolute Gasteiger partial charge is 0.153 e. The maximum absolute atomic E-state index is 12.0. The molecule has 0 spiro atoms. The fraction of sp³-hybridized carbons (Fsp3) is 0.750. The van der Waals surface area contributed by atoms with Crippen LogP contribution >= 0.6 is 15.9 Å². The summed E-state index contributed by atoms with van der Waals surface area (Å²) in [5, 5.41) is 14.4. The molecule has 1 heterocycles. The van der Waals surface area contributed by atoms with E-state index < -0.39 is 20.7 Å². The Kier molecular flexibility index (Phi) is 4.58. The van der Waals surface area contributed by atoms with E-state index in [0.717, 1.165) is 0 Å². The van der Waals surface area contributed by atoms with Crippen molar-refractivity contribution in [3.05, 3.63) is 16.4 Å². The third-order valence-corrected chi connectivity index (χ3v) is 6.03. The maximum atomic E-state index is 12.0. The van der Waals surface area contributed by atoms with Crippen molar-refractivity contribution >= 4 is 25.8 Å². The van der Waals surface area contributed by atoms with Crippen LogP contribution in [0.1, 0.15) is 25.0 Å². The van der Waals surface area contributed by atoms with Crippen molar-refractivity contribution in [1.82, 2.24) is 9.78 Å². The van der Waals surface area contributed by atoms with Crippen molar-refractivity contribution in [3.8, 4) is 0 Å². The van der Waals surface area contributed by atoms with Crippen molar-refractivity contribution in [1.29, 1.82) is 0 Å². The van der Waals surface area contributed by atoms with Gasteiger partial charge in [-0.2, -0.15) is 5.10 Å². The molecule has 114 valence electrons. The quantitative estimate of drug-likeness (QED) is 0.842. The Labute approximate surface area is 127 Å². The summed E-state index contributed by atoms with van der Waals surface area (Å²) < 4.78 is 31.2. The molecule has 1 aliphatic rings. The summed E-state index contributed by atoms with van der Waals surface area (Å²) in [5.74, 6) is 0. The molecule has 1 fully saturated rings. The average Bonchev–Trinajstić information content (AvgIpc) is 2.90. The molecule has 1 aromatic rings. The first-order valence-corrected chi connectivity index (χ1v) is 9.17. The largest absolute Gasteiger partial charge is 0.383 e. The van der Waals surface area contributed by atoms with Gasteiger partial charge in [-0.3, -0.25) is 4.68 Å². The van der Waals surface area contributed by atoms with E-state index in [1.807, 2.05) is 0 Å². The van der Waals surface area contributed by atoms with Gasteiger partial charge in [0.15, 0.2) is 9.84 Å². The monoisotopic (exact) mass is 366 g/mol. The zero-order valence-corrected chi connectivity index (χ0v) is 13.9. The van der Waals surface area contributed by atoms with Crippen molar-refractivity contribution in [2.24, 2.45) is 0 Å². The Hall–Kier alpha value is -0.440. The summed E-state index contributed by atoms with van der Waals surface area (Å²) in [4.78, 5) is 0. The van der Waals surface area contributed by atoms with Crippen LogP contribution < -0.4 is 0 Å². The fourth-order valence-electron chi connectivity index (χ4n) is 2.94. The molecule has 0 bridgehead atoms. The molecule has 1 aliphatic carbocycles. The second-order valence-electron chi connectivity index (χ2n) is 5.19. The Balaban J connectivity index is 2.46. The molecule has 0 amide bonds. The summed E-state index contributed by atoms with van der Waals surface area (Å²) >= 11 is 3.37. The minimum Gasteiger partial charge on any atom is -0.383 e. The molecule has 1 N–H and O–H groups in total. The number of hydrogen-bond donors (Lipinski definition) is 1. The number of halogens is 1. The molecule has 2 rings (SSSR count). The van der Waals surface area contributed by atoms with E-state index in [4.69, 9.17) is 4.74 Å². The summed E-state index contributed by atoms with van der Waals surface area (Å²) in [6.07, 6.45) is 4.33. The number of rotatable bonds is 5. The number of aromatic nitrogens is 2. The van der Waals surface area contributed by atoms with E-state index in [1.165, 1.54) is 6.26 Å². The highest BCUT2D eigenvalue weighted by Gasteiger charge is 2.50. The summed E-state index contributed by atoms with van der Waals surface area (Å²) in [7, 11) is -1.75. The third kappa shape index (κ3) is 2.79. The van der Waals surface area contributed by atoms with Gasteiger partial charge in [-0.1, -0.05) is 0 Å². The molecule has 6 nitrogen and oxygen atoms in total. The van der Waals surface area contributed by atoms with Gasteiger partial charge >= 0.3 is 0 Å². The van der Waals surface area contributed by atoms with E-state index in [0.29, 0.717) is 42.6 Å². The first kappa shape index (κ1) is 15.9. The Morgan fingerprint density at radius 3 is 2.95 bits per heavy atom. The number of aliphatic hydroxyl groups is 1. The molecule has 0 aliphatic heterocycles. The highest BCUT2D eigenvalue weighted by molar-refractivity contribution is 9.10. The zero-order valence-electron chi connectivity index (χ0n) is 11.5. The van der Waals surface area contributed by atoms with Gasteiger partial charge in [0, 0.05) is 13.4 Å². The van der Waals surface area contributed by atoms with Gasteiger partial charge in [0.25, 0.3) is 0 Å². The van der Waals surface area contributed by atoms with Crippen LogP contribution in [0, 0.1) is 0 Å². The number of sulfone groups is 1. The summed E-state index contributed by atoms with van der Waals surface area (Å²) in [6.45, 7) is 0.914. The summed E-state index contributed by atoms with van der Waals surface area (Å²) in [6, 6.07) is 0. The highest BCUT2D eigenvalue weighted by Crippen LogP contribution is 2.44. The molecule has 2 atom stereocenters. The lowest BCUT2D eigenvalue weighted by molar-refractivity contribution is 0.0358. The van der Waals surface area contributed by atoms with Crippen molar-refractivity contribution in [2.75, 3.05) is 20.0 Å². The van der Waals surface area contributed by atoms with Gasteiger partial charge in [-0.15, -0.1) is 0 Å². The van der Waals surface area contributed by atoms with Crippen molar-refractivity contribution in [3.63, 3.8) is 0 Å². The normalized spacial score (nSPS) is 27.1. The van der Waals surface area contributed by atoms with Gasteiger partial charge in [-0.05, 0) is 35.2 Å². The van der Waals surface area contributed by atoms with E-state index in [2.05, 4.69) is 21.0 Å². The lowest BCUT2D eigenvalue weighted by Gasteiger charge is -2.30. The van der Waals surface area contributed by atoms with Crippen LogP contribution in [0.2, 0.25) is 0 Å².